The Morgan fingerprint density at radius 2 is 2.00 bits per heavy atom. The molecule has 1 aromatic heterocycles. The van der Waals surface area contributed by atoms with Crippen LogP contribution >= 0.6 is 27.3 Å². The first-order valence-electron chi connectivity index (χ1n) is 4.50. The predicted molar refractivity (Wildman–Crippen MR) is 78.8 cm³/mol. The average Bonchev–Trinajstić information content (AvgIpc) is 2.72. The van der Waals surface area contributed by atoms with Crippen molar-refractivity contribution in [1.29, 1.82) is 0 Å². The van der Waals surface area contributed by atoms with Crippen LogP contribution in [0.25, 0.3) is 10.4 Å². The fraction of sp³-hybridized carbons (Fsp3) is 0. The van der Waals surface area contributed by atoms with Gasteiger partial charge in [-0.15, -0.1) is 11.3 Å². The van der Waals surface area contributed by atoms with Crippen LogP contribution in [0.4, 0.5) is 5.69 Å². The van der Waals surface area contributed by atoms with E-state index < -0.39 is 10.1 Å². The van der Waals surface area contributed by atoms with E-state index in [1.54, 1.807) is 6.07 Å². The van der Waals surface area contributed by atoms with E-state index in [-0.39, 0.29) is 40.1 Å². The molecule has 0 amide bonds. The molecule has 2 aromatic rings. The van der Waals surface area contributed by atoms with E-state index in [9.17, 15) is 8.42 Å². The zero-order valence-electron chi connectivity index (χ0n) is 8.42. The summed E-state index contributed by atoms with van der Waals surface area (Å²) in [7, 11) is -4.32. The van der Waals surface area contributed by atoms with Crippen LogP contribution in [0.15, 0.2) is 39.0 Å². The van der Waals surface area contributed by atoms with Gasteiger partial charge in [0.2, 0.25) is 0 Å². The van der Waals surface area contributed by atoms with E-state index in [4.69, 9.17) is 10.3 Å². The summed E-state index contributed by atoms with van der Waals surface area (Å²) in [5, 5.41) is 1.86. The number of halogens is 1. The van der Waals surface area contributed by atoms with E-state index in [1.807, 2.05) is 17.5 Å². The third-order valence-corrected chi connectivity index (χ3v) is 4.43. The van der Waals surface area contributed by atoms with Gasteiger partial charge in [-0.3, -0.25) is 4.55 Å². The molecule has 8 heteroatoms. The maximum atomic E-state index is 11.2. The van der Waals surface area contributed by atoms with Crippen LogP contribution in [0, 0.1) is 0 Å². The Balaban J connectivity index is 0.00000162. The molecule has 92 valence electrons. The van der Waals surface area contributed by atoms with Gasteiger partial charge in [0.05, 0.1) is 5.69 Å². The molecule has 18 heavy (non-hydrogen) atoms. The summed E-state index contributed by atoms with van der Waals surface area (Å²) >= 11 is 4.64. The fourth-order valence-electron chi connectivity index (χ4n) is 1.44. The Morgan fingerprint density at radius 1 is 1.33 bits per heavy atom. The van der Waals surface area contributed by atoms with Crippen LogP contribution in [0.1, 0.15) is 0 Å². The second-order valence-electron chi connectivity index (χ2n) is 3.32. The Labute approximate surface area is 139 Å². The SMILES string of the molecule is Nc1c(-c2cccs2)cc(Br)cc1S(=O)(=O)O.[NaH]. The molecule has 4 nitrogen and oxygen atoms in total. The van der Waals surface area contributed by atoms with Gasteiger partial charge in [0, 0.05) is 14.9 Å². The number of hydrogen-bond acceptors (Lipinski definition) is 4. The van der Waals surface area contributed by atoms with Gasteiger partial charge in [-0.1, -0.05) is 22.0 Å². The average molecular weight is 358 g/mol. The summed E-state index contributed by atoms with van der Waals surface area (Å²) in [6.07, 6.45) is 0. The fourth-order valence-corrected chi connectivity index (χ4v) is 3.47. The molecule has 0 radical (unpaired) electrons. The Kier molecular flexibility index (Phi) is 5.43. The zero-order chi connectivity index (χ0) is 12.6. The second-order valence-corrected chi connectivity index (χ2v) is 6.57. The van der Waals surface area contributed by atoms with Crippen LogP contribution in [0.5, 0.6) is 0 Å². The maximum absolute atomic E-state index is 11.2. The van der Waals surface area contributed by atoms with Crippen molar-refractivity contribution in [3.63, 3.8) is 0 Å². The van der Waals surface area contributed by atoms with E-state index in [0.29, 0.717) is 10.0 Å². The molecular weight excluding hydrogens is 349 g/mol. The first-order chi connectivity index (χ1) is 7.89. The molecule has 2 rings (SSSR count). The zero-order valence-corrected chi connectivity index (χ0v) is 11.6. The quantitative estimate of drug-likeness (QED) is 0.491. The van der Waals surface area contributed by atoms with Gasteiger partial charge in [0.15, 0.2) is 0 Å². The molecule has 3 N–H and O–H groups in total. The Hall–Kier alpha value is 0.110. The molecule has 1 heterocycles. The molecule has 0 saturated carbocycles. The standard InChI is InChI=1S/C10H8BrNO3S2.Na.H/c11-6-4-7(8-2-1-3-16-8)10(12)9(5-6)17(13,14)15;;/h1-5H,12H2,(H,13,14,15);;. The minimum atomic E-state index is -4.32. The van der Waals surface area contributed by atoms with Crippen molar-refractivity contribution < 1.29 is 13.0 Å². The van der Waals surface area contributed by atoms with Crippen LogP contribution < -0.4 is 5.73 Å². The van der Waals surface area contributed by atoms with Crippen molar-refractivity contribution in [3.05, 3.63) is 34.1 Å². The minimum absolute atomic E-state index is 0. The third-order valence-electron chi connectivity index (χ3n) is 2.17. The number of anilines is 1. The number of rotatable bonds is 2. The van der Waals surface area contributed by atoms with Crippen molar-refractivity contribution in [2.75, 3.05) is 5.73 Å². The van der Waals surface area contributed by atoms with E-state index in [2.05, 4.69) is 15.9 Å². The van der Waals surface area contributed by atoms with E-state index >= 15 is 0 Å². The summed E-state index contributed by atoms with van der Waals surface area (Å²) in [5.41, 5.74) is 6.42. The molecule has 0 fully saturated rings. The first kappa shape index (κ1) is 16.2. The van der Waals surface area contributed by atoms with Crippen LogP contribution in [0.2, 0.25) is 0 Å². The van der Waals surface area contributed by atoms with Crippen molar-refractivity contribution in [2.45, 2.75) is 4.90 Å². The van der Waals surface area contributed by atoms with Crippen molar-refractivity contribution in [2.24, 2.45) is 0 Å². The number of benzene rings is 1. The number of nitrogen functional groups attached to an aromatic ring is 1. The monoisotopic (exact) mass is 357 g/mol. The van der Waals surface area contributed by atoms with Gasteiger partial charge in [0.1, 0.15) is 4.90 Å². The van der Waals surface area contributed by atoms with Crippen LogP contribution in [0.3, 0.4) is 0 Å². The van der Waals surface area contributed by atoms with E-state index in [1.165, 1.54) is 17.4 Å². The number of thiophene rings is 1. The first-order valence-corrected chi connectivity index (χ1v) is 7.61. The van der Waals surface area contributed by atoms with Crippen LogP contribution in [-0.2, 0) is 10.1 Å². The molecule has 0 aliphatic heterocycles. The third kappa shape index (κ3) is 3.36. The molecule has 0 bridgehead atoms. The van der Waals surface area contributed by atoms with Gasteiger partial charge in [-0.25, -0.2) is 0 Å². The van der Waals surface area contributed by atoms with Gasteiger partial charge >= 0.3 is 29.6 Å². The Bertz CT molecular complexity index is 656. The van der Waals surface area contributed by atoms with Crippen molar-refractivity contribution >= 4 is 72.6 Å². The van der Waals surface area contributed by atoms with Gasteiger partial charge in [-0.2, -0.15) is 8.42 Å². The van der Waals surface area contributed by atoms with Crippen LogP contribution in [-0.4, -0.2) is 42.5 Å². The van der Waals surface area contributed by atoms with Crippen molar-refractivity contribution in [1.82, 2.24) is 0 Å². The summed E-state index contributed by atoms with van der Waals surface area (Å²) < 4.78 is 32.0. The van der Waals surface area contributed by atoms with Gasteiger partial charge in [0.25, 0.3) is 10.1 Å². The van der Waals surface area contributed by atoms with E-state index in [0.717, 1.165) is 4.88 Å². The second kappa shape index (κ2) is 6.04. The van der Waals surface area contributed by atoms with Gasteiger partial charge < -0.3 is 5.73 Å². The summed E-state index contributed by atoms with van der Waals surface area (Å²) in [6, 6.07) is 6.67. The summed E-state index contributed by atoms with van der Waals surface area (Å²) in [4.78, 5) is 0.559. The number of hydrogen-bond donors (Lipinski definition) is 2. The normalized spacial score (nSPS) is 11.0. The Morgan fingerprint density at radius 3 is 2.50 bits per heavy atom. The molecule has 0 aliphatic rings. The summed E-state index contributed by atoms with van der Waals surface area (Å²) in [6.45, 7) is 0. The molecular formula is C10H9BrNNaO3S2. The predicted octanol–water partition coefficient (Wildman–Crippen LogP) is 2.36. The molecule has 0 aliphatic carbocycles. The molecule has 0 spiro atoms. The summed E-state index contributed by atoms with van der Waals surface area (Å²) in [5.74, 6) is 0. The molecule has 0 atom stereocenters. The topological polar surface area (TPSA) is 80.4 Å². The number of nitrogens with two attached hydrogens (primary N) is 1. The molecule has 0 unspecified atom stereocenters. The van der Waals surface area contributed by atoms with Gasteiger partial charge in [-0.05, 0) is 23.6 Å². The molecule has 0 saturated heterocycles. The van der Waals surface area contributed by atoms with Crippen molar-refractivity contribution in [3.8, 4) is 10.4 Å². The molecule has 1 aromatic carbocycles.